The largest absolute Gasteiger partial charge is 0.497 e. The maximum atomic E-state index is 14.8. The summed E-state index contributed by atoms with van der Waals surface area (Å²) in [7, 11) is -0.810. The van der Waals surface area contributed by atoms with E-state index in [1.807, 2.05) is 84.9 Å². The Morgan fingerprint density at radius 2 is 1.35 bits per heavy atom. The highest BCUT2D eigenvalue weighted by Gasteiger charge is 2.56. The van der Waals surface area contributed by atoms with E-state index in [1.54, 1.807) is 7.11 Å². The third kappa shape index (κ3) is 10.7. The van der Waals surface area contributed by atoms with Crippen LogP contribution in [0.3, 0.4) is 0 Å². The molecule has 1 saturated carbocycles. The molecule has 0 radical (unpaired) electrons. The number of ketones is 1. The van der Waals surface area contributed by atoms with Gasteiger partial charge in [0.1, 0.15) is 11.9 Å². The normalized spacial score (nSPS) is 22.6. The highest BCUT2D eigenvalue weighted by Crippen LogP contribution is 2.47. The van der Waals surface area contributed by atoms with Crippen molar-refractivity contribution in [2.45, 2.75) is 116 Å². The van der Waals surface area contributed by atoms with Gasteiger partial charge in [-0.1, -0.05) is 120 Å². The summed E-state index contributed by atoms with van der Waals surface area (Å²) in [5.41, 5.74) is 3.07. The van der Waals surface area contributed by atoms with Crippen LogP contribution in [0.5, 0.6) is 5.75 Å². The highest BCUT2D eigenvalue weighted by atomic mass is 28.4. The fraction of sp³-hybridized carbons (Fsp3) is 0.512. The SMILES string of the molecule is C=C(CCCO)[C@@H]1CC(=O)[C@H](OCc2ccccc2)[C@H](O[Si](C)(C)C(C)(C)C)C(C)(C)[C@@H](OCc2ccc(OC)cc2)[C@H]1OCc1ccccc1. The van der Waals surface area contributed by atoms with E-state index in [9.17, 15) is 9.90 Å². The number of Topliss-reactive ketones (excluding diaryl/α,β-unsaturated/α-hetero) is 1. The number of carbonyl (C=O) groups is 1. The standard InChI is InChI=1S/C43H60O7Si/c1-31(17-16-26-44)36-27-37(45)39(48-29-33-20-14-11-15-21-33)41(50-51(8,9)42(2,3)4)43(5,6)40(38(36)47-28-32-18-12-10-13-19-32)49-30-34-22-24-35(46-7)25-23-34/h10-15,18-25,36,38-41,44H,1,16-17,26-30H2,2-9H3/t36-,38-,39-,40-,41-/m0/s1. The van der Waals surface area contributed by atoms with Gasteiger partial charge in [-0.3, -0.25) is 4.79 Å². The number of benzene rings is 3. The van der Waals surface area contributed by atoms with Crippen molar-refractivity contribution < 1.29 is 33.3 Å². The van der Waals surface area contributed by atoms with E-state index < -0.39 is 38.1 Å². The molecule has 4 rings (SSSR count). The first-order valence-corrected chi connectivity index (χ1v) is 21.1. The second kappa shape index (κ2) is 18.1. The molecular formula is C43H60O7Si. The summed E-state index contributed by atoms with van der Waals surface area (Å²) in [6, 6.07) is 27.9. The zero-order valence-electron chi connectivity index (χ0n) is 32.0. The predicted octanol–water partition coefficient (Wildman–Crippen LogP) is 9.09. The van der Waals surface area contributed by atoms with Crippen molar-refractivity contribution in [3.63, 3.8) is 0 Å². The predicted molar refractivity (Wildman–Crippen MR) is 206 cm³/mol. The molecule has 0 heterocycles. The molecular weight excluding hydrogens is 657 g/mol. The third-order valence-corrected chi connectivity index (χ3v) is 15.2. The van der Waals surface area contributed by atoms with E-state index in [2.05, 4.69) is 54.3 Å². The molecule has 51 heavy (non-hydrogen) atoms. The molecule has 0 spiro atoms. The van der Waals surface area contributed by atoms with Gasteiger partial charge in [0.15, 0.2) is 14.1 Å². The Hall–Kier alpha value is -3.11. The van der Waals surface area contributed by atoms with E-state index in [1.165, 1.54) is 0 Å². The Kier molecular flexibility index (Phi) is 14.4. The number of methoxy groups -OCH3 is 1. The summed E-state index contributed by atoms with van der Waals surface area (Å²) in [6.07, 6.45) is -1.32. The molecule has 8 heteroatoms. The molecule has 1 N–H and O–H groups in total. The van der Waals surface area contributed by atoms with Gasteiger partial charge in [-0.2, -0.15) is 0 Å². The molecule has 0 aliphatic heterocycles. The smallest absolute Gasteiger partial charge is 0.192 e. The second-order valence-electron chi connectivity index (χ2n) is 15.9. The van der Waals surface area contributed by atoms with Crippen LogP contribution in [0.25, 0.3) is 0 Å². The van der Waals surface area contributed by atoms with E-state index in [4.69, 9.17) is 23.4 Å². The third-order valence-electron chi connectivity index (χ3n) is 10.7. The van der Waals surface area contributed by atoms with Gasteiger partial charge in [-0.05, 0) is 59.8 Å². The number of ether oxygens (including phenoxy) is 4. The van der Waals surface area contributed by atoms with Crippen molar-refractivity contribution in [1.29, 1.82) is 0 Å². The Bertz CT molecular complexity index is 1520. The number of aliphatic hydroxyl groups excluding tert-OH is 1. The first-order valence-electron chi connectivity index (χ1n) is 18.2. The summed E-state index contributed by atoms with van der Waals surface area (Å²) >= 11 is 0. The van der Waals surface area contributed by atoms with Gasteiger partial charge in [0.25, 0.3) is 0 Å². The molecule has 0 unspecified atom stereocenters. The summed E-state index contributed by atoms with van der Waals surface area (Å²) in [5.74, 6) is 0.346. The minimum Gasteiger partial charge on any atom is -0.497 e. The first-order chi connectivity index (χ1) is 24.2. The lowest BCUT2D eigenvalue weighted by Gasteiger charge is -2.52. The molecule has 1 fully saturated rings. The van der Waals surface area contributed by atoms with Crippen LogP contribution < -0.4 is 4.74 Å². The van der Waals surface area contributed by atoms with Crippen LogP contribution in [-0.4, -0.2) is 57.3 Å². The Balaban J connectivity index is 1.86. The molecule has 0 aromatic heterocycles. The lowest BCUT2D eigenvalue weighted by Crippen LogP contribution is -2.63. The minimum atomic E-state index is -2.46. The van der Waals surface area contributed by atoms with Gasteiger partial charge in [-0.25, -0.2) is 0 Å². The van der Waals surface area contributed by atoms with E-state index in [-0.39, 0.29) is 36.4 Å². The first kappa shape index (κ1) is 40.7. The summed E-state index contributed by atoms with van der Waals surface area (Å²) in [4.78, 5) is 14.8. The highest BCUT2D eigenvalue weighted by molar-refractivity contribution is 6.74. The minimum absolute atomic E-state index is 0.0311. The molecule has 0 bridgehead atoms. The molecule has 0 amide bonds. The van der Waals surface area contributed by atoms with Crippen LogP contribution in [0.2, 0.25) is 18.1 Å². The molecule has 3 aromatic rings. The maximum absolute atomic E-state index is 14.8. The van der Waals surface area contributed by atoms with Gasteiger partial charge in [0, 0.05) is 24.4 Å². The quantitative estimate of drug-likeness (QED) is 0.117. The molecule has 1 aliphatic carbocycles. The molecule has 3 aromatic carbocycles. The fourth-order valence-corrected chi connectivity index (χ4v) is 7.92. The van der Waals surface area contributed by atoms with Crippen LogP contribution in [0.15, 0.2) is 97.1 Å². The van der Waals surface area contributed by atoms with Crippen LogP contribution in [0.1, 0.15) is 70.6 Å². The Morgan fingerprint density at radius 3 is 1.88 bits per heavy atom. The Morgan fingerprint density at radius 1 is 0.824 bits per heavy atom. The van der Waals surface area contributed by atoms with Crippen LogP contribution in [-0.2, 0) is 43.3 Å². The van der Waals surface area contributed by atoms with Crippen molar-refractivity contribution in [2.75, 3.05) is 13.7 Å². The Labute approximate surface area is 307 Å². The van der Waals surface area contributed by atoms with Gasteiger partial charge < -0.3 is 28.5 Å². The summed E-state index contributed by atoms with van der Waals surface area (Å²) < 4.78 is 33.5. The molecule has 0 saturated heterocycles. The van der Waals surface area contributed by atoms with Crippen molar-refractivity contribution in [3.05, 3.63) is 114 Å². The van der Waals surface area contributed by atoms with Crippen LogP contribution >= 0.6 is 0 Å². The zero-order chi connectivity index (χ0) is 37.2. The topological polar surface area (TPSA) is 83.5 Å². The molecule has 278 valence electrons. The van der Waals surface area contributed by atoms with Crippen molar-refractivity contribution >= 4 is 14.1 Å². The van der Waals surface area contributed by atoms with E-state index >= 15 is 0 Å². The monoisotopic (exact) mass is 716 g/mol. The van der Waals surface area contributed by atoms with E-state index in [0.717, 1.165) is 28.0 Å². The van der Waals surface area contributed by atoms with Gasteiger partial charge in [0.05, 0.1) is 45.2 Å². The lowest BCUT2D eigenvalue weighted by atomic mass is 9.68. The van der Waals surface area contributed by atoms with E-state index in [0.29, 0.717) is 26.1 Å². The average molecular weight is 717 g/mol. The molecule has 1 aliphatic rings. The number of hydrogen-bond donors (Lipinski definition) is 1. The number of carbonyl (C=O) groups excluding carboxylic acids is 1. The summed E-state index contributed by atoms with van der Waals surface area (Å²) in [6.45, 7) is 20.8. The number of aliphatic hydroxyl groups is 1. The lowest BCUT2D eigenvalue weighted by molar-refractivity contribution is -0.201. The fourth-order valence-electron chi connectivity index (χ4n) is 6.51. The number of hydrogen-bond acceptors (Lipinski definition) is 7. The number of rotatable bonds is 16. The molecule has 7 nitrogen and oxygen atoms in total. The second-order valence-corrected chi connectivity index (χ2v) is 20.7. The van der Waals surface area contributed by atoms with Crippen molar-refractivity contribution in [2.24, 2.45) is 11.3 Å². The summed E-state index contributed by atoms with van der Waals surface area (Å²) in [5, 5.41) is 9.67. The van der Waals surface area contributed by atoms with Crippen LogP contribution in [0.4, 0.5) is 0 Å². The van der Waals surface area contributed by atoms with Gasteiger partial charge in [0.2, 0.25) is 0 Å². The average Bonchev–Trinajstić information content (AvgIpc) is 3.10. The van der Waals surface area contributed by atoms with Gasteiger partial charge in [-0.15, -0.1) is 0 Å². The van der Waals surface area contributed by atoms with Crippen molar-refractivity contribution in [3.8, 4) is 5.75 Å². The van der Waals surface area contributed by atoms with Crippen molar-refractivity contribution in [1.82, 2.24) is 0 Å². The maximum Gasteiger partial charge on any atom is 0.192 e. The van der Waals surface area contributed by atoms with Gasteiger partial charge >= 0.3 is 0 Å². The molecule has 5 atom stereocenters. The zero-order valence-corrected chi connectivity index (χ0v) is 33.0. The van der Waals surface area contributed by atoms with Crippen LogP contribution in [0, 0.1) is 11.3 Å².